The van der Waals surface area contributed by atoms with Crippen LogP contribution >= 0.6 is 11.6 Å². The fourth-order valence-corrected chi connectivity index (χ4v) is 9.08. The minimum atomic E-state index is -3.67. The first-order chi connectivity index (χ1) is 27.9. The van der Waals surface area contributed by atoms with E-state index in [0.29, 0.717) is 22.6 Å². The summed E-state index contributed by atoms with van der Waals surface area (Å²) in [6, 6.07) is 18.6. The molecular weight excluding hydrogens is 778 g/mol. The highest BCUT2D eigenvalue weighted by Crippen LogP contribution is 2.31. The molecule has 58 heavy (non-hydrogen) atoms. The number of nitrogens with zero attached hydrogens (tertiary/aromatic N) is 4. The Morgan fingerprint density at radius 2 is 1.43 bits per heavy atom. The summed E-state index contributed by atoms with van der Waals surface area (Å²) in [5.74, 6) is -2.61. The quantitative estimate of drug-likeness (QED) is 0.0570. The summed E-state index contributed by atoms with van der Waals surface area (Å²) in [6.45, 7) is 5.96. The average Bonchev–Trinajstić information content (AvgIpc) is 3.68. The number of ether oxygens (including phenoxy) is 1. The molecule has 3 unspecified atom stereocenters. The molecule has 3 aromatic rings. The van der Waals surface area contributed by atoms with Gasteiger partial charge < -0.3 is 10.1 Å². The van der Waals surface area contributed by atoms with Gasteiger partial charge in [-0.3, -0.25) is 24.3 Å². The molecule has 14 heteroatoms. The van der Waals surface area contributed by atoms with E-state index in [1.54, 1.807) is 43.1 Å². The molecule has 312 valence electrons. The number of carbonyl (C=O) groups excluding carboxylic acids is 4. The third-order valence-corrected chi connectivity index (χ3v) is 12.6. The second-order valence-electron chi connectivity index (χ2n) is 15.0. The molecular formula is C44H56ClN5O7S. The van der Waals surface area contributed by atoms with Crippen LogP contribution in [0.15, 0.2) is 88.9 Å². The monoisotopic (exact) mass is 833 g/mol. The zero-order chi connectivity index (χ0) is 41.7. The molecule has 1 fully saturated rings. The van der Waals surface area contributed by atoms with E-state index in [2.05, 4.69) is 17.3 Å². The van der Waals surface area contributed by atoms with Gasteiger partial charge in [0.15, 0.2) is 21.7 Å². The predicted octanol–water partition coefficient (Wildman–Crippen LogP) is 8.39. The summed E-state index contributed by atoms with van der Waals surface area (Å²) in [5.41, 5.74) is 2.24. The van der Waals surface area contributed by atoms with Crippen LogP contribution in [0.2, 0.25) is 5.02 Å². The Balaban J connectivity index is 1.35. The smallest absolute Gasteiger partial charge is 0.330 e. The van der Waals surface area contributed by atoms with Gasteiger partial charge in [0.2, 0.25) is 6.23 Å². The minimum Gasteiger partial charge on any atom is -0.350 e. The standard InChI is InChI=1S/C44H56ClN5O7S/c1-4-6-7-8-9-10-11-12-13-20-27-58(55,56)35-25-26-37(36(45)29-35)46-41(52)39(40(51)38-28-32(3)47-49(38)31-34-23-18-15-19-24-34)50-42(53)43(57-5-2)48(44(50)54)30-33-21-16-14-17-22-33/h14-19,21-26,29,38-39,43H,4-13,20,27-28,30-31H2,1-3H3,(H,46,52). The lowest BCUT2D eigenvalue weighted by Gasteiger charge is -2.30. The fraction of sp³-hybridized carbons (Fsp3) is 0.477. The van der Waals surface area contributed by atoms with E-state index in [0.717, 1.165) is 31.2 Å². The molecule has 1 saturated heterocycles. The van der Waals surface area contributed by atoms with Gasteiger partial charge in [-0.25, -0.2) is 18.1 Å². The zero-order valence-electron chi connectivity index (χ0n) is 33.8. The van der Waals surface area contributed by atoms with Crippen LogP contribution in [0.25, 0.3) is 0 Å². The van der Waals surface area contributed by atoms with Gasteiger partial charge in [-0.05, 0) is 49.6 Å². The number of amides is 4. The first-order valence-corrected chi connectivity index (χ1v) is 22.5. The number of imide groups is 1. The summed E-state index contributed by atoms with van der Waals surface area (Å²) >= 11 is 6.62. The molecule has 2 heterocycles. The lowest BCUT2D eigenvalue weighted by Crippen LogP contribution is -2.57. The molecule has 12 nitrogen and oxygen atoms in total. The third kappa shape index (κ3) is 11.5. The van der Waals surface area contributed by atoms with Crippen LogP contribution in [0.3, 0.4) is 0 Å². The van der Waals surface area contributed by atoms with Crippen molar-refractivity contribution in [1.29, 1.82) is 0 Å². The number of halogens is 1. The summed E-state index contributed by atoms with van der Waals surface area (Å²) in [6.07, 6.45) is 9.54. The lowest BCUT2D eigenvalue weighted by atomic mass is 9.98. The van der Waals surface area contributed by atoms with Crippen LogP contribution in [0, 0.1) is 0 Å². The Morgan fingerprint density at radius 3 is 2.02 bits per heavy atom. The number of nitrogens with one attached hydrogen (secondary N) is 1. The van der Waals surface area contributed by atoms with Crippen molar-refractivity contribution >= 4 is 56.5 Å². The maximum absolute atomic E-state index is 14.7. The molecule has 3 aromatic carbocycles. The molecule has 0 bridgehead atoms. The van der Waals surface area contributed by atoms with Gasteiger partial charge in [-0.15, -0.1) is 0 Å². The van der Waals surface area contributed by atoms with E-state index >= 15 is 0 Å². The van der Waals surface area contributed by atoms with E-state index in [1.807, 2.05) is 36.4 Å². The van der Waals surface area contributed by atoms with E-state index in [-0.39, 0.29) is 47.5 Å². The Bertz CT molecular complexity index is 2010. The molecule has 2 aliphatic heterocycles. The summed E-state index contributed by atoms with van der Waals surface area (Å²) in [5, 5.41) is 8.72. The van der Waals surface area contributed by atoms with Gasteiger partial charge in [0, 0.05) is 18.7 Å². The van der Waals surface area contributed by atoms with Crippen LogP contribution in [-0.4, -0.2) is 83.2 Å². The topological polar surface area (TPSA) is 146 Å². The number of carbonyl (C=O) groups is 4. The van der Waals surface area contributed by atoms with Crippen molar-refractivity contribution in [3.63, 3.8) is 0 Å². The molecule has 1 N–H and O–H groups in total. The van der Waals surface area contributed by atoms with Crippen LogP contribution in [0.4, 0.5) is 10.5 Å². The third-order valence-electron chi connectivity index (χ3n) is 10.5. The fourth-order valence-electron chi connectivity index (χ4n) is 7.40. The van der Waals surface area contributed by atoms with Gasteiger partial charge >= 0.3 is 6.03 Å². The maximum Gasteiger partial charge on any atom is 0.330 e. The van der Waals surface area contributed by atoms with Crippen LogP contribution in [0.5, 0.6) is 0 Å². The number of hydrogen-bond donors (Lipinski definition) is 1. The number of ketones is 1. The van der Waals surface area contributed by atoms with Crippen molar-refractivity contribution in [3.8, 4) is 0 Å². The first-order valence-electron chi connectivity index (χ1n) is 20.5. The summed E-state index contributed by atoms with van der Waals surface area (Å²) in [4.78, 5) is 59.5. The lowest BCUT2D eigenvalue weighted by molar-refractivity contribution is -0.149. The number of benzene rings is 3. The summed E-state index contributed by atoms with van der Waals surface area (Å²) in [7, 11) is -3.67. The number of hydrazone groups is 1. The minimum absolute atomic E-state index is 0.00944. The van der Waals surface area contributed by atoms with Gasteiger partial charge in [0.25, 0.3) is 11.8 Å². The van der Waals surface area contributed by atoms with Crippen molar-refractivity contribution < 1.29 is 32.3 Å². The Kier molecular flexibility index (Phi) is 16.4. The molecule has 0 aromatic heterocycles. The highest BCUT2D eigenvalue weighted by Gasteiger charge is 2.54. The van der Waals surface area contributed by atoms with E-state index in [4.69, 9.17) is 16.3 Å². The van der Waals surface area contributed by atoms with Gasteiger partial charge in [-0.2, -0.15) is 5.10 Å². The van der Waals surface area contributed by atoms with E-state index in [1.165, 1.54) is 55.2 Å². The Labute approximate surface area is 347 Å². The molecule has 3 atom stereocenters. The SMILES string of the molecule is CCCCCCCCCCCCS(=O)(=O)c1ccc(NC(=O)C(C(=O)C2CC(C)=NN2Cc2ccccc2)N2C(=O)C(OCC)N(Cc3ccccc3)C2=O)c(Cl)c1. The van der Waals surface area contributed by atoms with E-state index < -0.39 is 51.8 Å². The normalized spacial score (nSPS) is 17.5. The van der Waals surface area contributed by atoms with Gasteiger partial charge in [0.1, 0.15) is 6.04 Å². The predicted molar refractivity (Wildman–Crippen MR) is 226 cm³/mol. The second kappa shape index (κ2) is 21.4. The highest BCUT2D eigenvalue weighted by molar-refractivity contribution is 7.91. The van der Waals surface area contributed by atoms with E-state index in [9.17, 15) is 27.6 Å². The van der Waals surface area contributed by atoms with Crippen molar-refractivity contribution in [2.24, 2.45) is 5.10 Å². The highest BCUT2D eigenvalue weighted by atomic mass is 35.5. The molecule has 0 radical (unpaired) electrons. The maximum atomic E-state index is 14.7. The Morgan fingerprint density at radius 1 is 0.845 bits per heavy atom. The number of sulfone groups is 1. The van der Waals surface area contributed by atoms with Crippen LogP contribution in [-0.2, 0) is 42.0 Å². The number of rotatable bonds is 23. The van der Waals surface area contributed by atoms with Crippen LogP contribution in [0.1, 0.15) is 103 Å². The molecule has 0 spiro atoms. The number of Topliss-reactive ketones (excluding diaryl/α,β-unsaturated/α-hetero) is 1. The van der Waals surface area contributed by atoms with Crippen LogP contribution < -0.4 is 5.32 Å². The zero-order valence-corrected chi connectivity index (χ0v) is 35.3. The number of anilines is 1. The molecule has 4 amide bonds. The molecule has 0 aliphatic carbocycles. The van der Waals surface area contributed by atoms with Crippen molar-refractivity contribution in [3.05, 3.63) is 95.0 Å². The van der Waals surface area contributed by atoms with Crippen molar-refractivity contribution in [2.75, 3.05) is 17.7 Å². The van der Waals surface area contributed by atoms with Gasteiger partial charge in [-0.1, -0.05) is 137 Å². The number of unbranched alkanes of at least 4 members (excludes halogenated alkanes) is 9. The number of hydrogen-bond acceptors (Lipinski definition) is 9. The Hall–Kier alpha value is -4.59. The molecule has 0 saturated carbocycles. The second-order valence-corrected chi connectivity index (χ2v) is 17.5. The van der Waals surface area contributed by atoms with Crippen molar-refractivity contribution in [1.82, 2.24) is 14.8 Å². The molecule has 2 aliphatic rings. The largest absolute Gasteiger partial charge is 0.350 e. The average molecular weight is 834 g/mol. The summed E-state index contributed by atoms with van der Waals surface area (Å²) < 4.78 is 32.3. The van der Waals surface area contributed by atoms with Crippen molar-refractivity contribution in [2.45, 2.75) is 128 Å². The van der Waals surface area contributed by atoms with Gasteiger partial charge in [0.05, 0.1) is 34.4 Å². The molecule has 5 rings (SSSR count). The number of urea groups is 1. The first kappa shape index (κ1) is 44.5.